The van der Waals surface area contributed by atoms with Crippen LogP contribution in [0.2, 0.25) is 0 Å². The third-order valence-electron chi connectivity index (χ3n) is 5.15. The van der Waals surface area contributed by atoms with Gasteiger partial charge in [-0.3, -0.25) is 0 Å². The number of methoxy groups -OCH3 is 2. The van der Waals surface area contributed by atoms with E-state index in [1.807, 2.05) is 6.08 Å². The molecule has 1 rings (SSSR count). The van der Waals surface area contributed by atoms with Crippen molar-refractivity contribution < 1.29 is 40.0 Å². The van der Waals surface area contributed by atoms with Crippen LogP contribution in [-0.2, 0) is 30.0 Å². The number of carbonyl (C=O) groups is 1. The fraction of sp³-hybridized carbons (Fsp3) is 0.500. The van der Waals surface area contributed by atoms with Crippen molar-refractivity contribution in [3.63, 3.8) is 0 Å². The van der Waals surface area contributed by atoms with Crippen LogP contribution in [0.5, 0.6) is 5.75 Å². The first-order valence-corrected chi connectivity index (χ1v) is 11.4. The van der Waals surface area contributed by atoms with Gasteiger partial charge in [-0.15, -0.1) is 0 Å². The van der Waals surface area contributed by atoms with Crippen molar-refractivity contribution in [2.75, 3.05) is 14.2 Å². The molecule has 1 aromatic rings. The van der Waals surface area contributed by atoms with Crippen molar-refractivity contribution >= 4 is 22.2 Å². The Morgan fingerprint density at radius 1 is 1.16 bits per heavy atom. The second kappa shape index (κ2) is 11.5. The Morgan fingerprint density at radius 3 is 2.28 bits per heavy atom. The molecule has 0 saturated heterocycles. The summed E-state index contributed by atoms with van der Waals surface area (Å²) in [6.07, 6.45) is 8.53. The van der Waals surface area contributed by atoms with Gasteiger partial charge in [-0.05, 0) is 37.0 Å². The highest BCUT2D eigenvalue weighted by molar-refractivity contribution is 7.88. The molecule has 0 aliphatic rings. The Labute approximate surface area is 187 Å². The SMILES string of the molecule is CCC(CC)C/C=C/C(C)(OC)c1ccc(/C=C/C(=O)OC)c(OS(=O)(=O)C(F)(F)F)c1. The molecule has 1 atom stereocenters. The maximum absolute atomic E-state index is 12.9. The highest BCUT2D eigenvalue weighted by Gasteiger charge is 2.48. The van der Waals surface area contributed by atoms with E-state index in [1.165, 1.54) is 13.2 Å². The molecule has 1 unspecified atom stereocenters. The van der Waals surface area contributed by atoms with Crippen molar-refractivity contribution in [3.8, 4) is 5.75 Å². The lowest BCUT2D eigenvalue weighted by Crippen LogP contribution is -2.28. The van der Waals surface area contributed by atoms with E-state index in [0.717, 1.165) is 44.6 Å². The topological polar surface area (TPSA) is 78.9 Å². The quantitative estimate of drug-likeness (QED) is 0.140. The van der Waals surface area contributed by atoms with Crippen molar-refractivity contribution in [3.05, 3.63) is 47.6 Å². The summed E-state index contributed by atoms with van der Waals surface area (Å²) in [6.45, 7) is 5.86. The van der Waals surface area contributed by atoms with E-state index < -0.39 is 32.9 Å². The summed E-state index contributed by atoms with van der Waals surface area (Å²) < 4.78 is 76.3. The van der Waals surface area contributed by atoms with Gasteiger partial charge in [0.2, 0.25) is 0 Å². The van der Waals surface area contributed by atoms with E-state index in [9.17, 15) is 26.4 Å². The van der Waals surface area contributed by atoms with Crippen LogP contribution in [0, 0.1) is 5.92 Å². The molecule has 0 heterocycles. The largest absolute Gasteiger partial charge is 0.534 e. The van der Waals surface area contributed by atoms with Crippen LogP contribution >= 0.6 is 0 Å². The average Bonchev–Trinajstić information content (AvgIpc) is 2.74. The lowest BCUT2D eigenvalue weighted by atomic mass is 9.91. The van der Waals surface area contributed by atoms with Crippen LogP contribution in [-0.4, -0.2) is 34.1 Å². The van der Waals surface area contributed by atoms with Crippen molar-refractivity contribution in [1.29, 1.82) is 0 Å². The number of esters is 1. The van der Waals surface area contributed by atoms with Crippen LogP contribution in [0.25, 0.3) is 6.08 Å². The molecule has 0 fully saturated rings. The second-order valence-corrected chi connectivity index (χ2v) is 8.76. The minimum Gasteiger partial charge on any atom is -0.466 e. The van der Waals surface area contributed by atoms with Crippen LogP contribution < -0.4 is 4.18 Å². The summed E-state index contributed by atoms with van der Waals surface area (Å²) in [5.74, 6) is -0.893. The Kier molecular flexibility index (Phi) is 9.96. The van der Waals surface area contributed by atoms with Crippen LogP contribution in [0.15, 0.2) is 36.4 Å². The number of allylic oxidation sites excluding steroid dienone is 1. The molecule has 0 saturated carbocycles. The summed E-state index contributed by atoms with van der Waals surface area (Å²) in [7, 11) is -3.38. The highest BCUT2D eigenvalue weighted by Crippen LogP contribution is 2.35. The third-order valence-corrected chi connectivity index (χ3v) is 6.12. The van der Waals surface area contributed by atoms with E-state index in [4.69, 9.17) is 4.74 Å². The summed E-state index contributed by atoms with van der Waals surface area (Å²) in [5, 5.41) is 0. The number of hydrogen-bond acceptors (Lipinski definition) is 6. The number of hydrogen-bond donors (Lipinski definition) is 0. The number of rotatable bonds is 11. The monoisotopic (exact) mass is 478 g/mol. The molecule has 1 aromatic carbocycles. The minimum atomic E-state index is -5.93. The van der Waals surface area contributed by atoms with Gasteiger partial charge in [0.05, 0.1) is 7.11 Å². The van der Waals surface area contributed by atoms with Gasteiger partial charge in [-0.2, -0.15) is 21.6 Å². The Bertz CT molecular complexity index is 933. The molecule has 0 radical (unpaired) electrons. The van der Waals surface area contributed by atoms with E-state index in [1.54, 1.807) is 19.1 Å². The van der Waals surface area contributed by atoms with E-state index >= 15 is 0 Å². The van der Waals surface area contributed by atoms with Crippen molar-refractivity contribution in [1.82, 2.24) is 0 Å². The fourth-order valence-electron chi connectivity index (χ4n) is 2.83. The maximum Gasteiger partial charge on any atom is 0.534 e. The lowest BCUT2D eigenvalue weighted by Gasteiger charge is -2.26. The number of ether oxygens (including phenoxy) is 2. The molecular weight excluding hydrogens is 449 g/mol. The Hall–Kier alpha value is -2.33. The standard InChI is InChI=1S/C22H29F3O6S/c1-6-16(7-2)9-8-14-21(3,30-5)18-12-10-17(11-13-20(26)29-4)19(15-18)31-32(27,28)22(23,24)25/h8,10-16H,6-7,9H2,1-5H3/b13-11+,14-8+. The summed E-state index contributed by atoms with van der Waals surface area (Å²) in [6, 6.07) is 4.03. The predicted molar refractivity (Wildman–Crippen MR) is 115 cm³/mol. The van der Waals surface area contributed by atoms with Gasteiger partial charge in [0.25, 0.3) is 0 Å². The van der Waals surface area contributed by atoms with Gasteiger partial charge in [0.1, 0.15) is 5.60 Å². The summed E-state index contributed by atoms with van der Waals surface area (Å²) in [5.41, 5.74) is -6.38. The van der Waals surface area contributed by atoms with E-state index in [-0.39, 0.29) is 5.56 Å². The molecule has 0 aliphatic carbocycles. The number of carbonyl (C=O) groups excluding carboxylic acids is 1. The zero-order valence-electron chi connectivity index (χ0n) is 18.7. The molecule has 0 bridgehead atoms. The van der Waals surface area contributed by atoms with Crippen LogP contribution in [0.1, 0.15) is 51.2 Å². The number of halogens is 3. The van der Waals surface area contributed by atoms with Gasteiger partial charge in [-0.1, -0.05) is 51.0 Å². The molecule has 10 heteroatoms. The first-order chi connectivity index (χ1) is 14.8. The second-order valence-electron chi connectivity index (χ2n) is 7.22. The smallest absolute Gasteiger partial charge is 0.466 e. The molecule has 0 amide bonds. The molecule has 32 heavy (non-hydrogen) atoms. The summed E-state index contributed by atoms with van der Waals surface area (Å²) in [4.78, 5) is 11.4. The molecule has 0 aliphatic heterocycles. The first kappa shape index (κ1) is 27.7. The van der Waals surface area contributed by atoms with E-state index in [2.05, 4.69) is 22.8 Å². The lowest BCUT2D eigenvalue weighted by molar-refractivity contribution is -0.134. The predicted octanol–water partition coefficient (Wildman–Crippen LogP) is 5.35. The normalized spacial score (nSPS) is 14.8. The first-order valence-electron chi connectivity index (χ1n) is 9.97. The average molecular weight is 479 g/mol. The van der Waals surface area contributed by atoms with Gasteiger partial charge in [0.15, 0.2) is 5.75 Å². The molecule has 180 valence electrons. The highest BCUT2D eigenvalue weighted by atomic mass is 32.2. The zero-order valence-corrected chi connectivity index (χ0v) is 19.5. The van der Waals surface area contributed by atoms with Crippen molar-refractivity contribution in [2.45, 2.75) is 51.1 Å². The van der Waals surface area contributed by atoms with Gasteiger partial charge in [-0.25, -0.2) is 4.79 Å². The summed E-state index contributed by atoms with van der Waals surface area (Å²) >= 11 is 0. The fourth-order valence-corrected chi connectivity index (χ4v) is 3.31. The molecule has 0 spiro atoms. The zero-order chi connectivity index (χ0) is 24.6. The van der Waals surface area contributed by atoms with E-state index in [0.29, 0.717) is 11.5 Å². The van der Waals surface area contributed by atoms with Crippen LogP contribution in [0.4, 0.5) is 13.2 Å². The number of benzene rings is 1. The Morgan fingerprint density at radius 2 is 1.78 bits per heavy atom. The van der Waals surface area contributed by atoms with Gasteiger partial charge >= 0.3 is 21.6 Å². The molecule has 0 aromatic heterocycles. The molecule has 0 N–H and O–H groups in total. The Balaban J connectivity index is 3.46. The van der Waals surface area contributed by atoms with Gasteiger partial charge in [0, 0.05) is 18.7 Å². The van der Waals surface area contributed by atoms with Crippen LogP contribution in [0.3, 0.4) is 0 Å². The maximum atomic E-state index is 12.9. The van der Waals surface area contributed by atoms with Gasteiger partial charge < -0.3 is 13.7 Å². The minimum absolute atomic E-state index is 0.0635. The molecular formula is C22H29F3O6S. The number of alkyl halides is 3. The molecule has 6 nitrogen and oxygen atoms in total. The van der Waals surface area contributed by atoms with Crippen molar-refractivity contribution in [2.24, 2.45) is 5.92 Å². The third kappa shape index (κ3) is 7.37.